The van der Waals surface area contributed by atoms with Crippen LogP contribution in [0.1, 0.15) is 17.5 Å². The monoisotopic (exact) mass is 291 g/mol. The van der Waals surface area contributed by atoms with E-state index in [9.17, 15) is 0 Å². The first-order valence-corrected chi connectivity index (χ1v) is 7.50. The first-order chi connectivity index (χ1) is 10.2. The van der Waals surface area contributed by atoms with Gasteiger partial charge in [0.15, 0.2) is 5.96 Å². The summed E-state index contributed by atoms with van der Waals surface area (Å²) in [6.45, 7) is 8.59. The Bertz CT molecular complexity index is 462. The Morgan fingerprint density at radius 3 is 2.62 bits per heavy atom. The van der Waals surface area contributed by atoms with E-state index >= 15 is 0 Å². The molecule has 0 saturated carbocycles. The Morgan fingerprint density at radius 1 is 1.29 bits per heavy atom. The molecular formula is C16H25N3O2. The number of guanidine groups is 1. The fourth-order valence-electron chi connectivity index (χ4n) is 2.35. The van der Waals surface area contributed by atoms with E-state index in [1.54, 1.807) is 0 Å². The van der Waals surface area contributed by atoms with E-state index in [0.717, 1.165) is 38.5 Å². The van der Waals surface area contributed by atoms with Crippen molar-refractivity contribution in [2.75, 3.05) is 39.5 Å². The van der Waals surface area contributed by atoms with Crippen molar-refractivity contribution in [3.8, 4) is 5.75 Å². The largest absolute Gasteiger partial charge is 0.493 e. The molecule has 0 bridgehead atoms. The zero-order valence-electron chi connectivity index (χ0n) is 13.0. The van der Waals surface area contributed by atoms with Crippen LogP contribution < -0.4 is 10.5 Å². The Balaban J connectivity index is 1.72. The number of para-hydroxylation sites is 1. The fraction of sp³-hybridized carbons (Fsp3) is 0.562. The number of hydrogen-bond donors (Lipinski definition) is 1. The normalized spacial score (nSPS) is 16.1. The van der Waals surface area contributed by atoms with Gasteiger partial charge in [-0.05, 0) is 25.0 Å². The van der Waals surface area contributed by atoms with E-state index in [-0.39, 0.29) is 0 Å². The highest BCUT2D eigenvalue weighted by Gasteiger charge is 2.11. The third kappa shape index (κ3) is 4.63. The second-order valence-electron chi connectivity index (χ2n) is 5.26. The summed E-state index contributed by atoms with van der Waals surface area (Å²) in [7, 11) is 0. The number of aryl methyl sites for hydroxylation is 2. The van der Waals surface area contributed by atoms with Crippen LogP contribution in [0.4, 0.5) is 0 Å². The molecule has 1 aromatic rings. The average molecular weight is 291 g/mol. The van der Waals surface area contributed by atoms with Crippen LogP contribution >= 0.6 is 0 Å². The van der Waals surface area contributed by atoms with Gasteiger partial charge < -0.3 is 20.1 Å². The van der Waals surface area contributed by atoms with Crippen molar-refractivity contribution >= 4 is 5.96 Å². The zero-order valence-corrected chi connectivity index (χ0v) is 13.0. The Labute approximate surface area is 126 Å². The second-order valence-corrected chi connectivity index (χ2v) is 5.26. The number of rotatable bonds is 5. The summed E-state index contributed by atoms with van der Waals surface area (Å²) in [5.41, 5.74) is 8.31. The van der Waals surface area contributed by atoms with Gasteiger partial charge in [-0.3, -0.25) is 4.99 Å². The molecule has 0 spiro atoms. The van der Waals surface area contributed by atoms with Gasteiger partial charge in [-0.25, -0.2) is 0 Å². The van der Waals surface area contributed by atoms with Crippen molar-refractivity contribution in [3.63, 3.8) is 0 Å². The third-order valence-corrected chi connectivity index (χ3v) is 3.57. The molecule has 0 atom stereocenters. The van der Waals surface area contributed by atoms with Gasteiger partial charge in [0.1, 0.15) is 5.75 Å². The van der Waals surface area contributed by atoms with Gasteiger partial charge in [-0.1, -0.05) is 18.2 Å². The molecule has 21 heavy (non-hydrogen) atoms. The summed E-state index contributed by atoms with van der Waals surface area (Å²) in [4.78, 5) is 6.47. The van der Waals surface area contributed by atoms with E-state index < -0.39 is 0 Å². The molecular weight excluding hydrogens is 266 g/mol. The third-order valence-electron chi connectivity index (χ3n) is 3.57. The predicted molar refractivity (Wildman–Crippen MR) is 84.9 cm³/mol. The van der Waals surface area contributed by atoms with Crippen molar-refractivity contribution in [2.45, 2.75) is 20.3 Å². The van der Waals surface area contributed by atoms with Crippen LogP contribution in [0.25, 0.3) is 0 Å². The Morgan fingerprint density at radius 2 is 1.95 bits per heavy atom. The number of nitrogens with two attached hydrogens (primary N) is 1. The maximum atomic E-state index is 5.97. The first kappa shape index (κ1) is 15.6. The van der Waals surface area contributed by atoms with Crippen molar-refractivity contribution in [1.29, 1.82) is 0 Å². The number of nitrogens with zero attached hydrogens (tertiary/aromatic N) is 2. The summed E-state index contributed by atoms with van der Waals surface area (Å²) in [6, 6.07) is 6.18. The number of morpholine rings is 1. The lowest BCUT2D eigenvalue weighted by Crippen LogP contribution is -2.44. The topological polar surface area (TPSA) is 60.1 Å². The molecule has 0 aromatic heterocycles. The van der Waals surface area contributed by atoms with E-state index in [0.29, 0.717) is 19.1 Å². The quantitative estimate of drug-likeness (QED) is 0.510. The van der Waals surface area contributed by atoms with Crippen LogP contribution in [-0.4, -0.2) is 50.3 Å². The van der Waals surface area contributed by atoms with Crippen molar-refractivity contribution in [2.24, 2.45) is 10.7 Å². The average Bonchev–Trinajstić information content (AvgIpc) is 2.50. The molecule has 116 valence electrons. The minimum absolute atomic E-state index is 0.616. The number of hydrogen-bond acceptors (Lipinski definition) is 3. The van der Waals surface area contributed by atoms with Crippen LogP contribution in [-0.2, 0) is 4.74 Å². The minimum atomic E-state index is 0.616. The zero-order chi connectivity index (χ0) is 15.1. The molecule has 0 amide bonds. The molecule has 5 nitrogen and oxygen atoms in total. The van der Waals surface area contributed by atoms with E-state index in [1.165, 1.54) is 11.1 Å². The Kier molecular flexibility index (Phi) is 5.87. The van der Waals surface area contributed by atoms with Crippen LogP contribution in [0, 0.1) is 13.8 Å². The number of aliphatic imine (C=N–C) groups is 1. The van der Waals surface area contributed by atoms with E-state index in [2.05, 4.69) is 35.9 Å². The SMILES string of the molecule is Cc1cccc(C)c1OCCCN=C(N)N1CCOCC1. The van der Waals surface area contributed by atoms with Gasteiger partial charge in [0, 0.05) is 26.1 Å². The molecule has 1 aliphatic rings. The highest BCUT2D eigenvalue weighted by molar-refractivity contribution is 5.78. The molecule has 0 unspecified atom stereocenters. The van der Waals surface area contributed by atoms with E-state index in [1.807, 2.05) is 6.07 Å². The minimum Gasteiger partial charge on any atom is -0.493 e. The van der Waals surface area contributed by atoms with E-state index in [4.69, 9.17) is 15.2 Å². The van der Waals surface area contributed by atoms with Gasteiger partial charge in [-0.2, -0.15) is 0 Å². The highest BCUT2D eigenvalue weighted by Crippen LogP contribution is 2.22. The smallest absolute Gasteiger partial charge is 0.191 e. The second kappa shape index (κ2) is 7.88. The summed E-state index contributed by atoms with van der Waals surface area (Å²) in [5, 5.41) is 0. The molecule has 1 saturated heterocycles. The lowest BCUT2D eigenvalue weighted by atomic mass is 10.1. The standard InChI is InChI=1S/C16H25N3O2/c1-13-5-3-6-14(2)15(13)21-10-4-7-18-16(17)19-8-11-20-12-9-19/h3,5-6H,4,7-12H2,1-2H3,(H2,17,18). The lowest BCUT2D eigenvalue weighted by Gasteiger charge is -2.27. The van der Waals surface area contributed by atoms with Gasteiger partial charge in [-0.15, -0.1) is 0 Å². The summed E-state index contributed by atoms with van der Waals surface area (Å²) < 4.78 is 11.1. The van der Waals surface area contributed by atoms with Gasteiger partial charge in [0.05, 0.1) is 19.8 Å². The molecule has 1 fully saturated rings. The summed E-state index contributed by atoms with van der Waals surface area (Å²) in [6.07, 6.45) is 0.860. The molecule has 1 aliphatic heterocycles. The summed E-state index contributed by atoms with van der Waals surface area (Å²) in [5.74, 6) is 1.60. The maximum Gasteiger partial charge on any atom is 0.191 e. The van der Waals surface area contributed by atoms with Gasteiger partial charge in [0.2, 0.25) is 0 Å². The lowest BCUT2D eigenvalue weighted by molar-refractivity contribution is 0.0674. The first-order valence-electron chi connectivity index (χ1n) is 7.50. The predicted octanol–water partition coefficient (Wildman–Crippen LogP) is 1.72. The van der Waals surface area contributed by atoms with Crippen LogP contribution in [0.15, 0.2) is 23.2 Å². The Hall–Kier alpha value is -1.75. The number of benzene rings is 1. The maximum absolute atomic E-state index is 5.97. The molecule has 2 rings (SSSR count). The van der Waals surface area contributed by atoms with Crippen LogP contribution in [0.2, 0.25) is 0 Å². The highest BCUT2D eigenvalue weighted by atomic mass is 16.5. The van der Waals surface area contributed by atoms with Crippen molar-refractivity contribution < 1.29 is 9.47 Å². The van der Waals surface area contributed by atoms with Gasteiger partial charge in [0.25, 0.3) is 0 Å². The molecule has 2 N–H and O–H groups in total. The molecule has 1 heterocycles. The molecule has 1 aromatic carbocycles. The number of ether oxygens (including phenoxy) is 2. The fourth-order valence-corrected chi connectivity index (χ4v) is 2.35. The van der Waals surface area contributed by atoms with Crippen LogP contribution in [0.5, 0.6) is 5.75 Å². The molecule has 0 radical (unpaired) electrons. The molecule has 0 aliphatic carbocycles. The van der Waals surface area contributed by atoms with Crippen LogP contribution in [0.3, 0.4) is 0 Å². The summed E-state index contributed by atoms with van der Waals surface area (Å²) >= 11 is 0. The van der Waals surface area contributed by atoms with Crippen molar-refractivity contribution in [3.05, 3.63) is 29.3 Å². The molecule has 5 heteroatoms. The van der Waals surface area contributed by atoms with Crippen molar-refractivity contribution in [1.82, 2.24) is 4.90 Å². The van der Waals surface area contributed by atoms with Gasteiger partial charge >= 0.3 is 0 Å².